The topological polar surface area (TPSA) is 75.1 Å². The first-order valence-electron chi connectivity index (χ1n) is 6.06. The number of aryl methyl sites for hydroxylation is 1. The standard InChI is InChI=1S/C14H15N3O2/c1-2-10-4-3-6-16-13(10)9-17-12-5-7-15-8-11(12)14(18)19/h3-8H,2,9H2,1H3,(H,15,17)(H,18,19). The van der Waals surface area contributed by atoms with Crippen molar-refractivity contribution in [2.75, 3.05) is 5.32 Å². The van der Waals surface area contributed by atoms with E-state index in [1.165, 1.54) is 6.20 Å². The van der Waals surface area contributed by atoms with Crippen molar-refractivity contribution in [3.8, 4) is 0 Å². The second kappa shape index (κ2) is 5.95. The smallest absolute Gasteiger partial charge is 0.339 e. The maximum Gasteiger partial charge on any atom is 0.339 e. The minimum absolute atomic E-state index is 0.163. The maximum absolute atomic E-state index is 11.1. The molecule has 0 unspecified atom stereocenters. The van der Waals surface area contributed by atoms with Crippen LogP contribution in [0.25, 0.3) is 0 Å². The quantitative estimate of drug-likeness (QED) is 0.860. The third kappa shape index (κ3) is 3.07. The third-order valence-corrected chi connectivity index (χ3v) is 2.86. The van der Waals surface area contributed by atoms with Gasteiger partial charge in [-0.2, -0.15) is 0 Å². The average Bonchev–Trinajstić information content (AvgIpc) is 2.45. The van der Waals surface area contributed by atoms with Crippen LogP contribution in [0.3, 0.4) is 0 Å². The van der Waals surface area contributed by atoms with Crippen LogP contribution < -0.4 is 5.32 Å². The van der Waals surface area contributed by atoms with Gasteiger partial charge in [0.25, 0.3) is 0 Å². The summed E-state index contributed by atoms with van der Waals surface area (Å²) in [5.41, 5.74) is 2.80. The Hall–Kier alpha value is -2.43. The number of aromatic carboxylic acids is 1. The van der Waals surface area contributed by atoms with E-state index in [9.17, 15) is 4.79 Å². The number of carboxylic acids is 1. The van der Waals surface area contributed by atoms with Crippen LogP contribution >= 0.6 is 0 Å². The molecule has 0 amide bonds. The van der Waals surface area contributed by atoms with Crippen LogP contribution in [-0.4, -0.2) is 21.0 Å². The zero-order valence-corrected chi connectivity index (χ0v) is 10.6. The maximum atomic E-state index is 11.1. The summed E-state index contributed by atoms with van der Waals surface area (Å²) in [6, 6.07) is 5.57. The van der Waals surface area contributed by atoms with Crippen molar-refractivity contribution in [1.82, 2.24) is 9.97 Å². The van der Waals surface area contributed by atoms with Crippen molar-refractivity contribution in [3.05, 3.63) is 53.6 Å². The van der Waals surface area contributed by atoms with Crippen LogP contribution in [0, 0.1) is 0 Å². The molecule has 2 heterocycles. The molecule has 0 spiro atoms. The lowest BCUT2D eigenvalue weighted by Gasteiger charge is -2.10. The Bertz CT molecular complexity index is 584. The molecular weight excluding hydrogens is 242 g/mol. The summed E-state index contributed by atoms with van der Waals surface area (Å²) >= 11 is 0. The third-order valence-electron chi connectivity index (χ3n) is 2.86. The Kier molecular flexibility index (Phi) is 4.07. The second-order valence-electron chi connectivity index (χ2n) is 4.04. The van der Waals surface area contributed by atoms with Crippen LogP contribution in [0.2, 0.25) is 0 Å². The highest BCUT2D eigenvalue weighted by molar-refractivity contribution is 5.93. The lowest BCUT2D eigenvalue weighted by atomic mass is 10.1. The minimum Gasteiger partial charge on any atom is -0.478 e. The van der Waals surface area contributed by atoms with E-state index in [0.717, 1.165) is 17.7 Å². The van der Waals surface area contributed by atoms with Crippen molar-refractivity contribution < 1.29 is 9.90 Å². The van der Waals surface area contributed by atoms with Gasteiger partial charge in [-0.05, 0) is 24.1 Å². The number of carbonyl (C=O) groups is 1. The minimum atomic E-state index is -0.993. The highest BCUT2D eigenvalue weighted by Gasteiger charge is 2.10. The Morgan fingerprint density at radius 2 is 2.21 bits per heavy atom. The van der Waals surface area contributed by atoms with Crippen LogP contribution in [0.5, 0.6) is 0 Å². The molecule has 2 rings (SSSR count). The van der Waals surface area contributed by atoms with E-state index in [0.29, 0.717) is 12.2 Å². The Balaban J connectivity index is 2.17. The van der Waals surface area contributed by atoms with Gasteiger partial charge >= 0.3 is 5.97 Å². The molecular formula is C14H15N3O2. The zero-order chi connectivity index (χ0) is 13.7. The van der Waals surface area contributed by atoms with E-state index in [2.05, 4.69) is 22.2 Å². The van der Waals surface area contributed by atoms with Crippen LogP contribution in [-0.2, 0) is 13.0 Å². The molecule has 0 atom stereocenters. The van der Waals surface area contributed by atoms with Crippen molar-refractivity contribution in [2.24, 2.45) is 0 Å². The number of pyridine rings is 2. The molecule has 0 saturated heterocycles. The van der Waals surface area contributed by atoms with Gasteiger partial charge in [-0.15, -0.1) is 0 Å². The Morgan fingerprint density at radius 3 is 2.95 bits per heavy atom. The molecule has 0 saturated carbocycles. The molecule has 0 bridgehead atoms. The number of carboxylic acid groups (broad SMARTS) is 1. The van der Waals surface area contributed by atoms with Gasteiger partial charge in [0.1, 0.15) is 5.56 Å². The number of nitrogens with one attached hydrogen (secondary N) is 1. The van der Waals surface area contributed by atoms with Gasteiger partial charge in [-0.3, -0.25) is 9.97 Å². The summed E-state index contributed by atoms with van der Waals surface area (Å²) in [7, 11) is 0. The van der Waals surface area contributed by atoms with E-state index in [4.69, 9.17) is 5.11 Å². The van der Waals surface area contributed by atoms with Gasteiger partial charge in [-0.25, -0.2) is 4.79 Å². The van der Waals surface area contributed by atoms with E-state index >= 15 is 0 Å². The molecule has 98 valence electrons. The lowest BCUT2D eigenvalue weighted by molar-refractivity contribution is 0.0697. The number of nitrogens with zero attached hydrogens (tertiary/aromatic N) is 2. The summed E-state index contributed by atoms with van der Waals surface area (Å²) in [6.07, 6.45) is 5.53. The molecule has 0 fully saturated rings. The Labute approximate surface area is 111 Å². The van der Waals surface area contributed by atoms with Gasteiger partial charge in [0.2, 0.25) is 0 Å². The van der Waals surface area contributed by atoms with Crippen LogP contribution in [0.1, 0.15) is 28.5 Å². The molecule has 5 heteroatoms. The number of anilines is 1. The van der Waals surface area contributed by atoms with Crippen LogP contribution in [0.15, 0.2) is 36.8 Å². The largest absolute Gasteiger partial charge is 0.478 e. The predicted molar refractivity (Wildman–Crippen MR) is 72.1 cm³/mol. The molecule has 0 aliphatic heterocycles. The fraction of sp³-hybridized carbons (Fsp3) is 0.214. The molecule has 0 radical (unpaired) electrons. The first-order chi connectivity index (χ1) is 9.22. The zero-order valence-electron chi connectivity index (χ0n) is 10.6. The summed E-state index contributed by atoms with van der Waals surface area (Å²) < 4.78 is 0. The first-order valence-corrected chi connectivity index (χ1v) is 6.06. The van der Waals surface area contributed by atoms with E-state index in [-0.39, 0.29) is 5.56 Å². The normalized spacial score (nSPS) is 10.2. The highest BCUT2D eigenvalue weighted by atomic mass is 16.4. The molecule has 0 aliphatic carbocycles. The summed E-state index contributed by atoms with van der Waals surface area (Å²) in [4.78, 5) is 19.2. The molecule has 0 aliphatic rings. The summed E-state index contributed by atoms with van der Waals surface area (Å²) in [6.45, 7) is 2.56. The first kappa shape index (κ1) is 13.0. The molecule has 2 N–H and O–H groups in total. The van der Waals surface area contributed by atoms with Gasteiger partial charge in [0, 0.05) is 18.6 Å². The van der Waals surface area contributed by atoms with E-state index in [1.54, 1.807) is 18.5 Å². The second-order valence-corrected chi connectivity index (χ2v) is 4.04. The number of hydrogen-bond donors (Lipinski definition) is 2. The average molecular weight is 257 g/mol. The summed E-state index contributed by atoms with van der Waals surface area (Å²) in [5.74, 6) is -0.993. The van der Waals surface area contributed by atoms with E-state index < -0.39 is 5.97 Å². The molecule has 0 aromatic carbocycles. The van der Waals surface area contributed by atoms with Crippen molar-refractivity contribution in [1.29, 1.82) is 0 Å². The van der Waals surface area contributed by atoms with Gasteiger partial charge in [-0.1, -0.05) is 13.0 Å². The highest BCUT2D eigenvalue weighted by Crippen LogP contribution is 2.15. The molecule has 2 aromatic heterocycles. The molecule has 2 aromatic rings. The van der Waals surface area contributed by atoms with E-state index in [1.807, 2.05) is 12.1 Å². The van der Waals surface area contributed by atoms with Gasteiger partial charge in [0.05, 0.1) is 17.9 Å². The van der Waals surface area contributed by atoms with Gasteiger partial charge in [0.15, 0.2) is 0 Å². The summed E-state index contributed by atoms with van der Waals surface area (Å²) in [5, 5.41) is 12.2. The number of rotatable bonds is 5. The SMILES string of the molecule is CCc1cccnc1CNc1ccncc1C(=O)O. The fourth-order valence-electron chi connectivity index (χ4n) is 1.85. The van der Waals surface area contributed by atoms with Gasteiger partial charge < -0.3 is 10.4 Å². The monoisotopic (exact) mass is 257 g/mol. The molecule has 5 nitrogen and oxygen atoms in total. The number of hydrogen-bond acceptors (Lipinski definition) is 4. The predicted octanol–water partition coefficient (Wildman–Crippen LogP) is 2.35. The van der Waals surface area contributed by atoms with Crippen molar-refractivity contribution >= 4 is 11.7 Å². The number of aromatic nitrogens is 2. The fourth-order valence-corrected chi connectivity index (χ4v) is 1.85. The van der Waals surface area contributed by atoms with Crippen molar-refractivity contribution in [2.45, 2.75) is 19.9 Å². The van der Waals surface area contributed by atoms with Crippen LogP contribution in [0.4, 0.5) is 5.69 Å². The Morgan fingerprint density at radius 1 is 1.37 bits per heavy atom. The molecule has 19 heavy (non-hydrogen) atoms. The lowest BCUT2D eigenvalue weighted by Crippen LogP contribution is -2.09. The van der Waals surface area contributed by atoms with Crippen molar-refractivity contribution in [3.63, 3.8) is 0 Å².